The van der Waals surface area contributed by atoms with Crippen molar-refractivity contribution in [2.75, 3.05) is 112 Å². The Balaban J connectivity index is 3.02. The SMILES string of the molecule is CCCCCCCCCCOCCOCCOCCOCCOCCOCCOCCOCCOC(C)C. The second-order valence-corrected chi connectivity index (χ2v) is 9.29. The summed E-state index contributed by atoms with van der Waals surface area (Å²) < 4.78 is 49.3. The van der Waals surface area contributed by atoms with E-state index < -0.39 is 0 Å². The summed E-state index contributed by atoms with van der Waals surface area (Å²) >= 11 is 0. The van der Waals surface area contributed by atoms with Crippen LogP contribution in [0, 0.1) is 0 Å². The maximum Gasteiger partial charge on any atom is 0.0703 e. The second-order valence-electron chi connectivity index (χ2n) is 9.29. The summed E-state index contributed by atoms with van der Waals surface area (Å²) in [4.78, 5) is 0. The normalized spacial score (nSPS) is 11.7. The van der Waals surface area contributed by atoms with E-state index in [2.05, 4.69) is 6.92 Å². The molecular weight excluding hydrogens is 492 g/mol. The van der Waals surface area contributed by atoms with E-state index in [9.17, 15) is 0 Å². The van der Waals surface area contributed by atoms with Crippen LogP contribution < -0.4 is 0 Å². The van der Waals surface area contributed by atoms with Crippen LogP contribution in [-0.2, 0) is 42.6 Å². The first kappa shape index (κ1) is 37.6. The van der Waals surface area contributed by atoms with Crippen molar-refractivity contribution in [2.45, 2.75) is 78.2 Å². The van der Waals surface area contributed by atoms with E-state index in [4.69, 9.17) is 42.6 Å². The number of hydrogen-bond acceptors (Lipinski definition) is 9. The van der Waals surface area contributed by atoms with Gasteiger partial charge < -0.3 is 42.6 Å². The highest BCUT2D eigenvalue weighted by Gasteiger charge is 1.97. The lowest BCUT2D eigenvalue weighted by atomic mass is 10.1. The van der Waals surface area contributed by atoms with Gasteiger partial charge in [0.2, 0.25) is 0 Å². The third-order valence-electron chi connectivity index (χ3n) is 5.43. The molecule has 9 heteroatoms. The highest BCUT2D eigenvalue weighted by atomic mass is 16.6. The first-order valence-corrected chi connectivity index (χ1v) is 15.0. The van der Waals surface area contributed by atoms with E-state index >= 15 is 0 Å². The van der Waals surface area contributed by atoms with E-state index in [0.29, 0.717) is 106 Å². The Kier molecular flexibility index (Phi) is 34.3. The fraction of sp³-hybridized carbons (Fsp3) is 1.00. The molecule has 0 aromatic heterocycles. The van der Waals surface area contributed by atoms with Gasteiger partial charge in [0, 0.05) is 6.61 Å². The van der Waals surface area contributed by atoms with Crippen LogP contribution >= 0.6 is 0 Å². The number of hydrogen-bond donors (Lipinski definition) is 0. The molecule has 0 aliphatic heterocycles. The van der Waals surface area contributed by atoms with Crippen LogP contribution in [0.1, 0.15) is 72.1 Å². The lowest BCUT2D eigenvalue weighted by Crippen LogP contribution is -2.15. The van der Waals surface area contributed by atoms with Crippen LogP contribution in [0.2, 0.25) is 0 Å². The molecule has 0 fully saturated rings. The molecule has 38 heavy (non-hydrogen) atoms. The zero-order chi connectivity index (χ0) is 27.6. The maximum absolute atomic E-state index is 5.61. The molecule has 0 aromatic rings. The van der Waals surface area contributed by atoms with Gasteiger partial charge in [0.05, 0.1) is 112 Å². The number of unbranched alkanes of at least 4 members (excludes halogenated alkanes) is 7. The van der Waals surface area contributed by atoms with Gasteiger partial charge in [-0.3, -0.25) is 0 Å². The average molecular weight is 553 g/mol. The summed E-state index contributed by atoms with van der Waals surface area (Å²) in [6.07, 6.45) is 10.8. The summed E-state index contributed by atoms with van der Waals surface area (Å²) in [5.74, 6) is 0. The molecule has 0 bridgehead atoms. The molecule has 9 nitrogen and oxygen atoms in total. The van der Waals surface area contributed by atoms with Gasteiger partial charge in [0.25, 0.3) is 0 Å². The van der Waals surface area contributed by atoms with Gasteiger partial charge in [0.1, 0.15) is 0 Å². The zero-order valence-electron chi connectivity index (χ0n) is 24.9. The lowest BCUT2D eigenvalue weighted by Gasteiger charge is -2.09. The summed E-state index contributed by atoms with van der Waals surface area (Å²) in [5.41, 5.74) is 0. The summed E-state index contributed by atoms with van der Waals surface area (Å²) in [7, 11) is 0. The fourth-order valence-electron chi connectivity index (χ4n) is 3.32. The standard InChI is InChI=1S/C29H60O9/c1-4-5-6-7-8-9-10-11-12-30-13-14-31-15-16-32-17-18-33-19-20-34-21-22-35-23-24-36-25-26-37-27-28-38-29(2)3/h29H,4-28H2,1-3H3. The van der Waals surface area contributed by atoms with Gasteiger partial charge in [-0.05, 0) is 20.3 Å². The van der Waals surface area contributed by atoms with E-state index in [0.717, 1.165) is 13.0 Å². The minimum absolute atomic E-state index is 0.240. The second kappa shape index (κ2) is 34.7. The van der Waals surface area contributed by atoms with Gasteiger partial charge in [-0.15, -0.1) is 0 Å². The molecule has 0 heterocycles. The topological polar surface area (TPSA) is 83.1 Å². The molecule has 0 unspecified atom stereocenters. The molecule has 0 radical (unpaired) electrons. The van der Waals surface area contributed by atoms with Gasteiger partial charge in [-0.25, -0.2) is 0 Å². The van der Waals surface area contributed by atoms with Gasteiger partial charge in [-0.2, -0.15) is 0 Å². The quantitative estimate of drug-likeness (QED) is 0.106. The first-order chi connectivity index (χ1) is 18.8. The number of rotatable bonds is 34. The minimum atomic E-state index is 0.240. The van der Waals surface area contributed by atoms with Gasteiger partial charge in [-0.1, -0.05) is 51.9 Å². The molecule has 0 aromatic carbocycles. The van der Waals surface area contributed by atoms with Crippen molar-refractivity contribution in [3.8, 4) is 0 Å². The van der Waals surface area contributed by atoms with Crippen molar-refractivity contribution >= 4 is 0 Å². The van der Waals surface area contributed by atoms with Crippen molar-refractivity contribution in [2.24, 2.45) is 0 Å². The zero-order valence-corrected chi connectivity index (χ0v) is 24.9. The predicted molar refractivity (Wildman–Crippen MR) is 150 cm³/mol. The average Bonchev–Trinajstić information content (AvgIpc) is 2.91. The van der Waals surface area contributed by atoms with Crippen LogP contribution in [0.5, 0.6) is 0 Å². The minimum Gasteiger partial charge on any atom is -0.379 e. The predicted octanol–water partition coefficient (Wildman–Crippen LogP) is 4.68. The summed E-state index contributed by atoms with van der Waals surface area (Å²) in [6, 6.07) is 0. The molecule has 0 aliphatic carbocycles. The molecule has 0 amide bonds. The Morgan fingerprint density at radius 2 is 0.579 bits per heavy atom. The highest BCUT2D eigenvalue weighted by Crippen LogP contribution is 2.08. The molecule has 0 atom stereocenters. The van der Waals surface area contributed by atoms with E-state index in [1.807, 2.05) is 13.8 Å². The van der Waals surface area contributed by atoms with Crippen LogP contribution in [0.4, 0.5) is 0 Å². The monoisotopic (exact) mass is 552 g/mol. The van der Waals surface area contributed by atoms with Crippen molar-refractivity contribution in [1.29, 1.82) is 0 Å². The van der Waals surface area contributed by atoms with Gasteiger partial charge in [0.15, 0.2) is 0 Å². The maximum atomic E-state index is 5.61. The molecule has 0 spiro atoms. The molecule has 0 saturated carbocycles. The number of ether oxygens (including phenoxy) is 9. The van der Waals surface area contributed by atoms with Crippen molar-refractivity contribution < 1.29 is 42.6 Å². The van der Waals surface area contributed by atoms with Gasteiger partial charge >= 0.3 is 0 Å². The molecule has 230 valence electrons. The van der Waals surface area contributed by atoms with Crippen LogP contribution in [-0.4, -0.2) is 118 Å². The highest BCUT2D eigenvalue weighted by molar-refractivity contribution is 4.46. The van der Waals surface area contributed by atoms with Crippen LogP contribution in [0.25, 0.3) is 0 Å². The smallest absolute Gasteiger partial charge is 0.0703 e. The van der Waals surface area contributed by atoms with E-state index in [-0.39, 0.29) is 6.10 Å². The molecule has 0 saturated heterocycles. The van der Waals surface area contributed by atoms with E-state index in [1.54, 1.807) is 0 Å². The third-order valence-corrected chi connectivity index (χ3v) is 5.43. The summed E-state index contributed by atoms with van der Waals surface area (Å²) in [5, 5.41) is 0. The first-order valence-electron chi connectivity index (χ1n) is 15.0. The Morgan fingerprint density at radius 3 is 0.895 bits per heavy atom. The van der Waals surface area contributed by atoms with Crippen LogP contribution in [0.3, 0.4) is 0 Å². The molecular formula is C29H60O9. The molecule has 0 rings (SSSR count). The molecule has 0 N–H and O–H groups in total. The van der Waals surface area contributed by atoms with Crippen molar-refractivity contribution in [3.63, 3.8) is 0 Å². The molecule has 0 aliphatic rings. The lowest BCUT2D eigenvalue weighted by molar-refractivity contribution is -0.0269. The Bertz CT molecular complexity index is 414. The third kappa shape index (κ3) is 35.6. The van der Waals surface area contributed by atoms with E-state index in [1.165, 1.54) is 44.9 Å². The largest absolute Gasteiger partial charge is 0.379 e. The van der Waals surface area contributed by atoms with Crippen molar-refractivity contribution in [3.05, 3.63) is 0 Å². The van der Waals surface area contributed by atoms with Crippen LogP contribution in [0.15, 0.2) is 0 Å². The Hall–Kier alpha value is -0.360. The summed E-state index contributed by atoms with van der Waals surface area (Å²) in [6.45, 7) is 16.2. The Morgan fingerprint density at radius 1 is 0.316 bits per heavy atom. The Labute approximate surface area is 233 Å². The fourth-order valence-corrected chi connectivity index (χ4v) is 3.32. The van der Waals surface area contributed by atoms with Crippen molar-refractivity contribution in [1.82, 2.24) is 0 Å².